The predicted octanol–water partition coefficient (Wildman–Crippen LogP) is 1.84. The molecule has 1 aliphatic heterocycles. The Morgan fingerprint density at radius 2 is 1.93 bits per heavy atom. The Balaban J connectivity index is 0.00000420. The number of nitrogens with zero attached hydrogens (tertiary/aromatic N) is 1. The molecule has 1 heterocycles. The normalized spacial score (nSPS) is 15.6. The zero-order valence-corrected chi connectivity index (χ0v) is 20.1. The molecule has 1 saturated heterocycles. The topological polar surface area (TPSA) is 115 Å². The van der Waals surface area contributed by atoms with Crippen molar-refractivity contribution < 1.29 is 17.9 Å². The van der Waals surface area contributed by atoms with Gasteiger partial charge in [-0.15, -0.1) is 24.0 Å². The lowest BCUT2D eigenvalue weighted by molar-refractivity contribution is 0.0203. The number of benzene rings is 1. The maximum atomic E-state index is 11.3. The van der Waals surface area contributed by atoms with Crippen molar-refractivity contribution in [3.05, 3.63) is 29.8 Å². The first-order valence-electron chi connectivity index (χ1n) is 9.78. The molecule has 10 heteroatoms. The van der Waals surface area contributed by atoms with Crippen molar-refractivity contribution in [2.75, 3.05) is 39.5 Å². The highest BCUT2D eigenvalue weighted by atomic mass is 127. The Hall–Kier alpha value is -0.950. The molecule has 0 bridgehead atoms. The molecule has 0 aromatic heterocycles. The summed E-state index contributed by atoms with van der Waals surface area (Å²) >= 11 is 0. The summed E-state index contributed by atoms with van der Waals surface area (Å²) in [5.41, 5.74) is 0.907. The van der Waals surface area contributed by atoms with Crippen molar-refractivity contribution in [1.29, 1.82) is 0 Å². The van der Waals surface area contributed by atoms with Gasteiger partial charge in [0, 0.05) is 39.5 Å². The van der Waals surface area contributed by atoms with Gasteiger partial charge >= 0.3 is 0 Å². The molecule has 0 spiro atoms. The third kappa shape index (κ3) is 10.6. The number of ether oxygens (including phenoxy) is 2. The molecule has 0 atom stereocenters. The van der Waals surface area contributed by atoms with Crippen molar-refractivity contribution in [2.24, 2.45) is 16.0 Å². The van der Waals surface area contributed by atoms with E-state index in [1.165, 1.54) is 12.1 Å². The lowest BCUT2D eigenvalue weighted by Crippen LogP contribution is -2.38. The summed E-state index contributed by atoms with van der Waals surface area (Å²) in [6.45, 7) is 7.21. The molecule has 1 aromatic carbocycles. The third-order valence-corrected chi connectivity index (χ3v) is 5.40. The highest BCUT2D eigenvalue weighted by molar-refractivity contribution is 14.0. The molecule has 8 nitrogen and oxygen atoms in total. The maximum Gasteiger partial charge on any atom is 0.238 e. The van der Waals surface area contributed by atoms with E-state index in [2.05, 4.69) is 15.6 Å². The molecule has 1 aromatic rings. The number of primary sulfonamides is 1. The van der Waals surface area contributed by atoms with Crippen molar-refractivity contribution >= 4 is 40.0 Å². The fourth-order valence-corrected chi connectivity index (χ4v) is 3.36. The van der Waals surface area contributed by atoms with Crippen LogP contribution in [-0.2, 0) is 26.0 Å². The molecule has 0 unspecified atom stereocenters. The fraction of sp³-hybridized carbons (Fsp3) is 0.632. The first kappa shape index (κ1) is 26.1. The van der Waals surface area contributed by atoms with E-state index < -0.39 is 10.0 Å². The molecule has 0 amide bonds. The van der Waals surface area contributed by atoms with Gasteiger partial charge in [-0.2, -0.15) is 0 Å². The number of aliphatic imine (C=N–C) groups is 1. The molecule has 1 aliphatic rings. The van der Waals surface area contributed by atoms with E-state index in [0.29, 0.717) is 12.5 Å². The highest BCUT2D eigenvalue weighted by Gasteiger charge is 2.13. The van der Waals surface area contributed by atoms with Gasteiger partial charge in [0.15, 0.2) is 5.96 Å². The minimum absolute atomic E-state index is 0. The molecular weight excluding hydrogens is 507 g/mol. The van der Waals surface area contributed by atoms with E-state index in [1.54, 1.807) is 12.1 Å². The molecule has 0 radical (unpaired) electrons. The number of hydrogen-bond donors (Lipinski definition) is 3. The van der Waals surface area contributed by atoms with E-state index in [1.807, 2.05) is 6.92 Å². The number of hydrogen-bond acceptors (Lipinski definition) is 5. The zero-order valence-electron chi connectivity index (χ0n) is 16.9. The summed E-state index contributed by atoms with van der Waals surface area (Å²) in [5.74, 6) is 1.35. The standard InChI is InChI=1S/C19H32N4O4S.HI/c1-2-21-19(22-10-3-11-27-15-17-8-12-26-13-9-17)23-14-16-4-6-18(7-5-16)28(20,24)25;/h4-7,17H,2-3,8-15H2,1H3,(H2,20,24,25)(H2,21,22,23);1H. The zero-order chi connectivity index (χ0) is 20.2. The Bertz CT molecular complexity index is 707. The number of sulfonamides is 1. The first-order valence-corrected chi connectivity index (χ1v) is 11.3. The molecule has 2 rings (SSSR count). The van der Waals surface area contributed by atoms with Crippen molar-refractivity contribution in [3.63, 3.8) is 0 Å². The molecule has 1 fully saturated rings. The van der Waals surface area contributed by atoms with Gasteiger partial charge in [0.1, 0.15) is 0 Å². The molecule has 29 heavy (non-hydrogen) atoms. The number of guanidine groups is 1. The summed E-state index contributed by atoms with van der Waals surface area (Å²) in [7, 11) is -3.67. The maximum absolute atomic E-state index is 11.3. The number of halogens is 1. The second-order valence-electron chi connectivity index (χ2n) is 6.80. The molecule has 4 N–H and O–H groups in total. The summed E-state index contributed by atoms with van der Waals surface area (Å²) in [4.78, 5) is 4.63. The number of nitrogens with two attached hydrogens (primary N) is 1. The Morgan fingerprint density at radius 3 is 2.55 bits per heavy atom. The van der Waals surface area contributed by atoms with E-state index in [9.17, 15) is 8.42 Å². The van der Waals surface area contributed by atoms with Crippen molar-refractivity contribution in [1.82, 2.24) is 10.6 Å². The van der Waals surface area contributed by atoms with Crippen LogP contribution in [0.4, 0.5) is 0 Å². The van der Waals surface area contributed by atoms with Crippen molar-refractivity contribution in [3.8, 4) is 0 Å². The van der Waals surface area contributed by atoms with Crippen LogP contribution in [0, 0.1) is 5.92 Å². The second kappa shape index (κ2) is 14.1. The SMILES string of the molecule is CCNC(=NCc1ccc(S(N)(=O)=O)cc1)NCCCOCC1CCOCC1.I. The van der Waals surface area contributed by atoms with Crippen LogP contribution in [-0.4, -0.2) is 53.9 Å². The molecule has 0 saturated carbocycles. The molecule has 166 valence electrons. The van der Waals surface area contributed by atoms with Gasteiger partial charge in [-0.05, 0) is 49.8 Å². The summed E-state index contributed by atoms with van der Waals surface area (Å²) < 4.78 is 33.7. The Labute approximate surface area is 191 Å². The first-order chi connectivity index (χ1) is 13.5. The largest absolute Gasteiger partial charge is 0.381 e. The van der Waals surface area contributed by atoms with Gasteiger partial charge in [0.2, 0.25) is 10.0 Å². The van der Waals surface area contributed by atoms with Gasteiger partial charge in [0.05, 0.1) is 11.4 Å². The highest BCUT2D eigenvalue weighted by Crippen LogP contribution is 2.14. The van der Waals surface area contributed by atoms with Crippen LogP contribution in [0.15, 0.2) is 34.2 Å². The van der Waals surface area contributed by atoms with Crippen LogP contribution in [0.1, 0.15) is 31.7 Å². The Morgan fingerprint density at radius 1 is 1.24 bits per heavy atom. The lowest BCUT2D eigenvalue weighted by Gasteiger charge is -2.21. The summed E-state index contributed by atoms with van der Waals surface area (Å²) in [6.07, 6.45) is 3.08. The predicted molar refractivity (Wildman–Crippen MR) is 125 cm³/mol. The summed E-state index contributed by atoms with van der Waals surface area (Å²) in [6, 6.07) is 6.43. The van der Waals surface area contributed by atoms with Crippen LogP contribution in [0.3, 0.4) is 0 Å². The van der Waals surface area contributed by atoms with Crippen LogP contribution in [0.5, 0.6) is 0 Å². The van der Waals surface area contributed by atoms with E-state index in [4.69, 9.17) is 14.6 Å². The average Bonchev–Trinajstić information content (AvgIpc) is 2.69. The smallest absolute Gasteiger partial charge is 0.238 e. The van der Waals surface area contributed by atoms with Crippen LogP contribution < -0.4 is 15.8 Å². The van der Waals surface area contributed by atoms with Crippen LogP contribution in [0.2, 0.25) is 0 Å². The fourth-order valence-electron chi connectivity index (χ4n) is 2.84. The van der Waals surface area contributed by atoms with Gasteiger partial charge in [-0.25, -0.2) is 18.5 Å². The average molecular weight is 540 g/mol. The minimum Gasteiger partial charge on any atom is -0.381 e. The molecular formula is C19H33IN4O4S. The lowest BCUT2D eigenvalue weighted by atomic mass is 10.0. The monoisotopic (exact) mass is 540 g/mol. The molecule has 0 aliphatic carbocycles. The van der Waals surface area contributed by atoms with Crippen LogP contribution >= 0.6 is 24.0 Å². The van der Waals surface area contributed by atoms with Gasteiger partial charge < -0.3 is 20.1 Å². The Kier molecular flexibility index (Phi) is 12.7. The van der Waals surface area contributed by atoms with E-state index >= 15 is 0 Å². The van der Waals surface area contributed by atoms with Crippen LogP contribution in [0.25, 0.3) is 0 Å². The van der Waals surface area contributed by atoms with Gasteiger partial charge in [0.25, 0.3) is 0 Å². The number of nitrogens with one attached hydrogen (secondary N) is 2. The third-order valence-electron chi connectivity index (χ3n) is 4.47. The quantitative estimate of drug-likeness (QED) is 0.181. The van der Waals surface area contributed by atoms with E-state index in [0.717, 1.165) is 70.3 Å². The van der Waals surface area contributed by atoms with Crippen molar-refractivity contribution in [2.45, 2.75) is 37.6 Å². The van der Waals surface area contributed by atoms with E-state index in [-0.39, 0.29) is 28.9 Å². The summed E-state index contributed by atoms with van der Waals surface area (Å²) in [5, 5.41) is 11.6. The van der Waals surface area contributed by atoms with Gasteiger partial charge in [-0.1, -0.05) is 12.1 Å². The van der Waals surface area contributed by atoms with Gasteiger partial charge in [-0.3, -0.25) is 0 Å². The minimum atomic E-state index is -3.67. The second-order valence-corrected chi connectivity index (χ2v) is 8.36. The number of rotatable bonds is 10.